The molecule has 246 valence electrons. The number of alkyl halides is 1. The van der Waals surface area contributed by atoms with Crippen LogP contribution in [0.4, 0.5) is 4.39 Å². The molecule has 2 aliphatic heterocycles. The summed E-state index contributed by atoms with van der Waals surface area (Å²) in [5.74, 6) is -0.921. The van der Waals surface area contributed by atoms with E-state index in [1.807, 2.05) is 0 Å². The Morgan fingerprint density at radius 2 is 1.58 bits per heavy atom. The van der Waals surface area contributed by atoms with Gasteiger partial charge in [0.15, 0.2) is 24.5 Å². The molecule has 0 bridgehead atoms. The number of aromatic nitrogens is 6. The van der Waals surface area contributed by atoms with Gasteiger partial charge in [0.25, 0.3) is 18.9 Å². The lowest BCUT2D eigenvalue weighted by atomic mass is 9.95. The molecule has 45 heavy (non-hydrogen) atoms. The molecule has 0 spiro atoms. The number of nitrogens with one attached hydrogen (secondary N) is 2. The quantitative estimate of drug-likeness (QED) is 0.203. The maximum atomic E-state index is 15.7. The molecule has 5 heterocycles. The molecule has 21 heteroatoms. The minimum Gasteiger partial charge on any atom is -0.756 e. The summed E-state index contributed by atoms with van der Waals surface area (Å²) < 4.78 is 67.2. The third-order valence-electron chi connectivity index (χ3n) is 7.39. The van der Waals surface area contributed by atoms with E-state index in [0.29, 0.717) is 0 Å². The third-order valence-corrected chi connectivity index (χ3v) is 8.34. The van der Waals surface area contributed by atoms with Crippen LogP contribution in [0, 0.1) is 5.92 Å². The molecule has 0 aliphatic carbocycles. The van der Waals surface area contributed by atoms with Crippen LogP contribution in [0.2, 0.25) is 0 Å². The summed E-state index contributed by atoms with van der Waals surface area (Å²) in [6.45, 7) is -0.0334. The number of ether oxygens (including phenoxy) is 4. The van der Waals surface area contributed by atoms with E-state index in [9.17, 15) is 28.6 Å². The van der Waals surface area contributed by atoms with Gasteiger partial charge in [0.2, 0.25) is 5.89 Å². The van der Waals surface area contributed by atoms with Crippen molar-refractivity contribution in [2.24, 2.45) is 5.92 Å². The van der Waals surface area contributed by atoms with E-state index >= 15 is 4.39 Å². The molecule has 5 rings (SSSR count). The molecule has 2 saturated heterocycles. The van der Waals surface area contributed by atoms with Gasteiger partial charge in [-0.1, -0.05) is 5.16 Å². The summed E-state index contributed by atoms with van der Waals surface area (Å²) in [7, 11) is -1.32. The van der Waals surface area contributed by atoms with Gasteiger partial charge in [0.1, 0.15) is 12.2 Å². The van der Waals surface area contributed by atoms with Crippen LogP contribution in [0.5, 0.6) is 0 Å². The summed E-state index contributed by atoms with van der Waals surface area (Å²) in [4.78, 5) is 68.5. The maximum absolute atomic E-state index is 15.7. The fourth-order valence-corrected chi connectivity index (χ4v) is 5.96. The van der Waals surface area contributed by atoms with Crippen molar-refractivity contribution in [3.63, 3.8) is 0 Å². The zero-order valence-electron chi connectivity index (χ0n) is 24.0. The molecule has 0 amide bonds. The molecular weight excluding hydrogens is 630 g/mol. The van der Waals surface area contributed by atoms with Crippen molar-refractivity contribution in [3.8, 4) is 0 Å². The molecule has 3 aromatic rings. The smallest absolute Gasteiger partial charge is 0.330 e. The lowest BCUT2D eigenvalue weighted by Crippen LogP contribution is -2.40. The number of aromatic amines is 2. The Morgan fingerprint density at radius 3 is 2.16 bits per heavy atom. The van der Waals surface area contributed by atoms with E-state index in [-0.39, 0.29) is 31.2 Å². The van der Waals surface area contributed by atoms with Crippen LogP contribution in [0.25, 0.3) is 0 Å². The summed E-state index contributed by atoms with van der Waals surface area (Å²) in [5, 5.41) is 3.90. The molecule has 2 fully saturated rings. The highest BCUT2D eigenvalue weighted by molar-refractivity contribution is 7.45. The second-order valence-electron chi connectivity index (χ2n) is 10.1. The van der Waals surface area contributed by atoms with Gasteiger partial charge >= 0.3 is 11.4 Å². The van der Waals surface area contributed by atoms with Crippen LogP contribution in [-0.4, -0.2) is 87.8 Å². The Labute approximate surface area is 251 Å². The van der Waals surface area contributed by atoms with Crippen molar-refractivity contribution < 1.29 is 46.4 Å². The number of phosphoric ester groups is 1. The second kappa shape index (κ2) is 13.4. The predicted molar refractivity (Wildman–Crippen MR) is 143 cm³/mol. The molecule has 1 unspecified atom stereocenters. The summed E-state index contributed by atoms with van der Waals surface area (Å²) >= 11 is 0. The lowest BCUT2D eigenvalue weighted by molar-refractivity contribution is -0.231. The SMILES string of the molecule is COC[C@H]1O[C@@H](n2ccc(=O)[nH]c2=O)[C@H](F)[C@@H]1Cc1nc(C[C@H]2O[C@@H](n3ccc(=O)[nH]c3=O)[C@H](OC)[C@@H]2OP(=O)([O-])OC)no1. The normalized spacial score (nSPS) is 29.6. The number of hydrogen-bond donors (Lipinski definition) is 2. The average molecular weight is 659 g/mol. The maximum Gasteiger partial charge on any atom is 0.330 e. The Hall–Kier alpha value is -3.62. The summed E-state index contributed by atoms with van der Waals surface area (Å²) in [5.41, 5.74) is -3.02. The topological polar surface area (TPSA) is 244 Å². The van der Waals surface area contributed by atoms with E-state index in [0.717, 1.165) is 40.8 Å². The minimum atomic E-state index is -4.86. The van der Waals surface area contributed by atoms with Crippen molar-refractivity contribution in [3.05, 3.63) is 77.9 Å². The molecule has 2 aliphatic rings. The highest BCUT2D eigenvalue weighted by Crippen LogP contribution is 2.45. The van der Waals surface area contributed by atoms with Crippen LogP contribution in [0.15, 0.2) is 48.2 Å². The zero-order valence-corrected chi connectivity index (χ0v) is 24.9. The van der Waals surface area contributed by atoms with Gasteiger partial charge in [-0.15, -0.1) is 0 Å². The summed E-state index contributed by atoms with van der Waals surface area (Å²) in [6.07, 6.45) is -6.99. The van der Waals surface area contributed by atoms with Crippen LogP contribution in [0.1, 0.15) is 24.2 Å². The first kappa shape index (κ1) is 32.8. The van der Waals surface area contributed by atoms with Gasteiger partial charge < -0.3 is 37.4 Å². The number of hydrogen-bond acceptors (Lipinski definition) is 15. The lowest BCUT2D eigenvalue weighted by Gasteiger charge is -2.29. The third kappa shape index (κ3) is 6.97. The molecule has 0 aromatic carbocycles. The van der Waals surface area contributed by atoms with Gasteiger partial charge in [0.05, 0.1) is 18.8 Å². The minimum absolute atomic E-state index is 0.0112. The Morgan fingerprint density at radius 1 is 0.956 bits per heavy atom. The highest BCUT2D eigenvalue weighted by Gasteiger charge is 2.50. The Kier molecular flexibility index (Phi) is 9.75. The highest BCUT2D eigenvalue weighted by atomic mass is 31.2. The van der Waals surface area contributed by atoms with Crippen molar-refractivity contribution in [2.45, 2.75) is 55.9 Å². The van der Waals surface area contributed by atoms with Gasteiger partial charge in [-0.2, -0.15) is 4.98 Å². The summed E-state index contributed by atoms with van der Waals surface area (Å²) in [6, 6.07) is 2.13. The molecular formula is C24H29FN6O13P-. The Bertz CT molecular complexity index is 1770. The number of phosphoric acid groups is 1. The van der Waals surface area contributed by atoms with Crippen LogP contribution in [-0.2, 0) is 45.4 Å². The predicted octanol–water partition coefficient (Wildman–Crippen LogP) is -1.83. The van der Waals surface area contributed by atoms with E-state index in [2.05, 4.69) is 24.6 Å². The molecule has 2 N–H and O–H groups in total. The van der Waals surface area contributed by atoms with E-state index in [4.69, 9.17) is 28.0 Å². The van der Waals surface area contributed by atoms with Crippen molar-refractivity contribution >= 4 is 7.82 Å². The van der Waals surface area contributed by atoms with Gasteiger partial charge in [0, 0.05) is 64.6 Å². The second-order valence-corrected chi connectivity index (χ2v) is 11.6. The fourth-order valence-electron chi connectivity index (χ4n) is 5.32. The molecule has 9 atom stereocenters. The van der Waals surface area contributed by atoms with Gasteiger partial charge in [-0.25, -0.2) is 14.0 Å². The van der Waals surface area contributed by atoms with Crippen LogP contribution >= 0.6 is 7.82 Å². The van der Waals surface area contributed by atoms with Crippen molar-refractivity contribution in [1.29, 1.82) is 0 Å². The number of halogens is 1. The standard InChI is InChI=1S/C24H30FN6O13P/c1-38-10-13-11(18(25)21(42-13)30-6-4-15(32)27-23(30)34)8-17-26-14(29-43-17)9-12-19(44-45(36,37)40-3)20(39-2)22(41-12)31-7-5-16(33)28-24(31)35/h4-7,11-13,18-22H,8-10H2,1-3H3,(H,36,37)(H,27,32,34)(H,28,33,35)/p-1/t11-,12-,13-,18-,19-,20-,21-,22-/m1/s1. The monoisotopic (exact) mass is 659 g/mol. The van der Waals surface area contributed by atoms with Gasteiger partial charge in [-0.05, 0) is 0 Å². The van der Waals surface area contributed by atoms with E-state index in [1.54, 1.807) is 0 Å². The first-order chi connectivity index (χ1) is 21.4. The molecule has 3 aromatic heterocycles. The van der Waals surface area contributed by atoms with Crippen LogP contribution in [0.3, 0.4) is 0 Å². The van der Waals surface area contributed by atoms with E-state index in [1.165, 1.54) is 14.2 Å². The van der Waals surface area contributed by atoms with Crippen molar-refractivity contribution in [1.82, 2.24) is 29.2 Å². The number of nitrogens with zero attached hydrogens (tertiary/aromatic N) is 4. The van der Waals surface area contributed by atoms with Gasteiger partial charge in [-0.3, -0.25) is 33.3 Å². The molecule has 0 saturated carbocycles. The average Bonchev–Trinajstić information content (AvgIpc) is 3.66. The fraction of sp³-hybridized carbons (Fsp3) is 0.583. The first-order valence-corrected chi connectivity index (χ1v) is 14.9. The van der Waals surface area contributed by atoms with Crippen LogP contribution < -0.4 is 27.4 Å². The first-order valence-electron chi connectivity index (χ1n) is 13.4. The largest absolute Gasteiger partial charge is 0.756 e. The number of H-pyrrole nitrogens is 2. The molecule has 19 nitrogen and oxygen atoms in total. The zero-order chi connectivity index (χ0) is 32.5. The number of methoxy groups -OCH3 is 2. The Balaban J connectivity index is 1.37. The number of rotatable bonds is 12. The van der Waals surface area contributed by atoms with E-state index < -0.39 is 79.3 Å². The van der Waals surface area contributed by atoms with Crippen molar-refractivity contribution in [2.75, 3.05) is 27.9 Å². The molecule has 0 radical (unpaired) electrons.